The lowest BCUT2D eigenvalue weighted by Gasteiger charge is -2.36. The van der Waals surface area contributed by atoms with Gasteiger partial charge in [0.15, 0.2) is 0 Å². The van der Waals surface area contributed by atoms with Crippen LogP contribution in [0.15, 0.2) is 42.0 Å². The molecule has 6 nitrogen and oxygen atoms in total. The quantitative estimate of drug-likeness (QED) is 0.695. The van der Waals surface area contributed by atoms with Crippen LogP contribution in [0.2, 0.25) is 10.0 Å². The highest BCUT2D eigenvalue weighted by atomic mass is 35.5. The first-order chi connectivity index (χ1) is 14.6. The zero-order valence-corrected chi connectivity index (χ0v) is 19.0. The van der Waals surface area contributed by atoms with Gasteiger partial charge in [-0.3, -0.25) is 9.59 Å². The predicted octanol–water partition coefficient (Wildman–Crippen LogP) is 4.60. The van der Waals surface area contributed by atoms with Crippen LogP contribution in [0.1, 0.15) is 30.8 Å². The Hall–Kier alpha value is -2.28. The van der Waals surface area contributed by atoms with Gasteiger partial charge >= 0.3 is 5.97 Å². The molecule has 164 valence electrons. The lowest BCUT2D eigenvalue weighted by atomic mass is 9.71. The van der Waals surface area contributed by atoms with E-state index < -0.39 is 16.9 Å². The van der Waals surface area contributed by atoms with Crippen molar-refractivity contribution in [2.45, 2.75) is 25.8 Å². The Kier molecular flexibility index (Phi) is 5.44. The fraction of sp³-hybridized carbons (Fsp3) is 0.391. The molecule has 1 amide bonds. The van der Waals surface area contributed by atoms with Gasteiger partial charge in [0, 0.05) is 31.0 Å². The van der Waals surface area contributed by atoms with E-state index in [1.54, 1.807) is 42.8 Å². The van der Waals surface area contributed by atoms with Crippen molar-refractivity contribution in [3.63, 3.8) is 0 Å². The number of amides is 1. The molecule has 1 aromatic heterocycles. The zero-order chi connectivity index (χ0) is 22.6. The number of nitrogens with one attached hydrogen (secondary N) is 1. The number of fused-ring (bicyclic) bond motifs is 1. The van der Waals surface area contributed by atoms with Gasteiger partial charge in [0.25, 0.3) is 5.91 Å². The number of allylic oxidation sites excluding steroid dienone is 1. The van der Waals surface area contributed by atoms with Gasteiger partial charge in [0.1, 0.15) is 5.69 Å². The number of carbonyl (C=O) groups excluding carboxylic acids is 1. The van der Waals surface area contributed by atoms with Crippen LogP contribution in [0.3, 0.4) is 0 Å². The molecule has 1 aliphatic heterocycles. The molecule has 2 N–H and O–H groups in total. The molecule has 3 atom stereocenters. The van der Waals surface area contributed by atoms with Gasteiger partial charge in [0.05, 0.1) is 27.6 Å². The van der Waals surface area contributed by atoms with Crippen molar-refractivity contribution in [3.05, 3.63) is 57.7 Å². The average Bonchev–Trinajstić information content (AvgIpc) is 3.32. The summed E-state index contributed by atoms with van der Waals surface area (Å²) in [6.07, 6.45) is 6.05. The molecule has 1 aliphatic carbocycles. The number of aromatic nitrogens is 1. The van der Waals surface area contributed by atoms with Crippen molar-refractivity contribution in [2.75, 3.05) is 13.2 Å². The van der Waals surface area contributed by atoms with Gasteiger partial charge in [-0.15, -0.1) is 0 Å². The number of ether oxygens (including phenoxy) is 1. The molecular weight excluding hydrogens is 439 g/mol. The maximum atomic E-state index is 13.3. The summed E-state index contributed by atoms with van der Waals surface area (Å²) in [6, 6.07) is 5.27. The van der Waals surface area contributed by atoms with Crippen molar-refractivity contribution < 1.29 is 19.4 Å². The van der Waals surface area contributed by atoms with Crippen molar-refractivity contribution in [1.29, 1.82) is 0 Å². The second-order valence-corrected chi connectivity index (χ2v) is 9.34. The first-order valence-electron chi connectivity index (χ1n) is 10.1. The summed E-state index contributed by atoms with van der Waals surface area (Å²) in [4.78, 5) is 25.1. The van der Waals surface area contributed by atoms with Crippen LogP contribution in [0.25, 0.3) is 10.9 Å². The summed E-state index contributed by atoms with van der Waals surface area (Å²) in [7, 11) is 1.81. The third kappa shape index (κ3) is 3.47. The number of aryl methyl sites for hydroxylation is 1. The zero-order valence-electron chi connectivity index (χ0n) is 17.5. The topological polar surface area (TPSA) is 80.6 Å². The van der Waals surface area contributed by atoms with Crippen molar-refractivity contribution >= 4 is 46.0 Å². The lowest BCUT2D eigenvalue weighted by Crippen LogP contribution is -2.51. The molecule has 0 saturated carbocycles. The molecule has 3 unspecified atom stereocenters. The largest absolute Gasteiger partial charge is 0.481 e. The molecule has 2 heterocycles. The molecule has 4 rings (SSSR count). The number of hydrogen-bond donors (Lipinski definition) is 2. The number of halogens is 2. The van der Waals surface area contributed by atoms with E-state index in [0.29, 0.717) is 40.8 Å². The molecule has 0 bridgehead atoms. The fourth-order valence-electron chi connectivity index (χ4n) is 4.31. The maximum Gasteiger partial charge on any atom is 0.313 e. The normalized spacial score (nSPS) is 28.0. The predicted molar refractivity (Wildman–Crippen MR) is 121 cm³/mol. The molecular formula is C23H24Cl2N2O4. The van der Waals surface area contributed by atoms with E-state index in [4.69, 9.17) is 27.9 Å². The number of hydrogen-bond acceptors (Lipinski definition) is 3. The molecule has 0 radical (unpaired) electrons. The molecule has 2 aliphatic rings. The summed E-state index contributed by atoms with van der Waals surface area (Å²) in [6.45, 7) is 4.40. The van der Waals surface area contributed by atoms with Crippen LogP contribution in [-0.4, -0.2) is 40.3 Å². The van der Waals surface area contributed by atoms with E-state index >= 15 is 0 Å². The standard InChI is InChI=1S/C23H24Cl2N2O4/c1-13-10-14(6-7-22(13,2)21(29)30)23(8-9-31-12-23)26-20(28)18-11-15-17(27(18)3)5-4-16(24)19(15)25/h4-7,10-11,13H,8-9,12H2,1-3H3,(H,26,28)(H,29,30). The van der Waals surface area contributed by atoms with Crippen LogP contribution >= 0.6 is 23.2 Å². The minimum atomic E-state index is -0.986. The maximum absolute atomic E-state index is 13.3. The van der Waals surface area contributed by atoms with Gasteiger partial charge in [-0.2, -0.15) is 0 Å². The van der Waals surface area contributed by atoms with Gasteiger partial charge in [-0.1, -0.05) is 48.4 Å². The summed E-state index contributed by atoms with van der Waals surface area (Å²) < 4.78 is 7.44. The number of aliphatic carboxylic acids is 1. The first-order valence-corrected chi connectivity index (χ1v) is 10.8. The lowest BCUT2D eigenvalue weighted by molar-refractivity contribution is -0.146. The molecule has 1 aromatic carbocycles. The van der Waals surface area contributed by atoms with Gasteiger partial charge in [-0.05, 0) is 36.6 Å². The number of rotatable bonds is 4. The number of benzene rings is 1. The number of carboxylic acid groups (broad SMARTS) is 1. The highest BCUT2D eigenvalue weighted by molar-refractivity contribution is 6.45. The van der Waals surface area contributed by atoms with Crippen LogP contribution in [0, 0.1) is 11.3 Å². The molecule has 1 fully saturated rings. The van der Waals surface area contributed by atoms with Crippen molar-refractivity contribution in [3.8, 4) is 0 Å². The summed E-state index contributed by atoms with van der Waals surface area (Å²) in [5.41, 5.74) is 0.414. The Morgan fingerprint density at radius 2 is 2.06 bits per heavy atom. The summed E-state index contributed by atoms with van der Waals surface area (Å²) in [5.74, 6) is -1.37. The third-order valence-corrected chi connectivity index (χ3v) is 7.54. The van der Waals surface area contributed by atoms with E-state index in [-0.39, 0.29) is 11.8 Å². The van der Waals surface area contributed by atoms with E-state index in [2.05, 4.69) is 5.32 Å². The number of carbonyl (C=O) groups is 2. The van der Waals surface area contributed by atoms with Gasteiger partial charge in [0.2, 0.25) is 0 Å². The molecule has 8 heteroatoms. The van der Waals surface area contributed by atoms with Gasteiger partial charge < -0.3 is 19.7 Å². The van der Waals surface area contributed by atoms with Gasteiger partial charge in [-0.25, -0.2) is 0 Å². The minimum absolute atomic E-state index is 0.238. The Balaban J connectivity index is 1.69. The van der Waals surface area contributed by atoms with Crippen LogP contribution in [0.5, 0.6) is 0 Å². The second kappa shape index (κ2) is 7.69. The van der Waals surface area contributed by atoms with E-state index in [9.17, 15) is 14.7 Å². The monoisotopic (exact) mass is 462 g/mol. The summed E-state index contributed by atoms with van der Waals surface area (Å²) in [5, 5.41) is 14.3. The van der Waals surface area contributed by atoms with Crippen molar-refractivity contribution in [2.24, 2.45) is 18.4 Å². The highest BCUT2D eigenvalue weighted by Crippen LogP contribution is 2.40. The van der Waals surface area contributed by atoms with Crippen LogP contribution in [-0.2, 0) is 16.6 Å². The third-order valence-electron chi connectivity index (χ3n) is 6.72. The Labute approximate surface area is 190 Å². The Morgan fingerprint density at radius 1 is 1.32 bits per heavy atom. The molecule has 0 spiro atoms. The smallest absolute Gasteiger partial charge is 0.313 e. The SMILES string of the molecule is CC1C=C(C2(NC(=O)c3cc4c(Cl)c(Cl)ccc4n3C)CCOC2)C=CC1(C)C(=O)O. The van der Waals surface area contributed by atoms with Crippen molar-refractivity contribution in [1.82, 2.24) is 9.88 Å². The fourth-order valence-corrected chi connectivity index (χ4v) is 4.69. The molecule has 2 aromatic rings. The highest BCUT2D eigenvalue weighted by Gasteiger charge is 2.44. The van der Waals surface area contributed by atoms with Crippen LogP contribution < -0.4 is 5.32 Å². The molecule has 1 saturated heterocycles. The first kappa shape index (κ1) is 21.9. The Morgan fingerprint density at radius 3 is 2.68 bits per heavy atom. The van der Waals surface area contributed by atoms with E-state index in [1.807, 2.05) is 19.1 Å². The van der Waals surface area contributed by atoms with E-state index in [0.717, 1.165) is 11.1 Å². The average molecular weight is 463 g/mol. The van der Waals surface area contributed by atoms with Crippen LogP contribution in [0.4, 0.5) is 0 Å². The van der Waals surface area contributed by atoms with E-state index in [1.165, 1.54) is 0 Å². The number of nitrogens with zero attached hydrogens (tertiary/aromatic N) is 1. The number of carboxylic acids is 1. The second-order valence-electron chi connectivity index (χ2n) is 8.55. The minimum Gasteiger partial charge on any atom is -0.481 e. The summed E-state index contributed by atoms with van der Waals surface area (Å²) >= 11 is 12.5. The molecule has 31 heavy (non-hydrogen) atoms. The Bertz CT molecular complexity index is 1140.